The minimum atomic E-state index is 0.785. The van der Waals surface area contributed by atoms with E-state index in [0.29, 0.717) is 0 Å². The molecule has 0 amide bonds. The highest BCUT2D eigenvalue weighted by atomic mass is 16.3. The van der Waals surface area contributed by atoms with Gasteiger partial charge in [-0.2, -0.15) is 0 Å². The van der Waals surface area contributed by atoms with Crippen molar-refractivity contribution in [1.82, 2.24) is 0 Å². The Labute approximate surface area is 255 Å². The van der Waals surface area contributed by atoms with Crippen molar-refractivity contribution in [1.29, 1.82) is 0 Å². The first-order chi connectivity index (χ1) is 21.8. The van der Waals surface area contributed by atoms with E-state index in [4.69, 9.17) is 4.42 Å². The predicted octanol–water partition coefficient (Wildman–Crippen LogP) is 11.5. The van der Waals surface area contributed by atoms with E-state index in [9.17, 15) is 0 Å². The second-order valence-corrected chi connectivity index (χ2v) is 11.4. The van der Waals surface area contributed by atoms with Gasteiger partial charge in [0.15, 0.2) is 0 Å². The number of fused-ring (bicyclic) bond motifs is 8. The topological polar surface area (TPSA) is 28.4 Å². The number of hydrogen-bond donors (Lipinski definition) is 1. The molecule has 9 rings (SSSR count). The van der Waals surface area contributed by atoms with Crippen molar-refractivity contribution < 1.29 is 4.42 Å². The van der Waals surface area contributed by atoms with Gasteiger partial charge in [-0.25, -0.2) is 0 Å². The van der Waals surface area contributed by atoms with Crippen LogP contribution in [0.3, 0.4) is 0 Å². The largest absolute Gasteiger partial charge is 0.440 e. The number of furan rings is 1. The van der Waals surface area contributed by atoms with Crippen LogP contribution in [0.2, 0.25) is 0 Å². The Kier molecular flexibility index (Phi) is 5.57. The summed E-state index contributed by atoms with van der Waals surface area (Å²) in [5, 5.41) is 12.2. The molecule has 0 unspecified atom stereocenters. The van der Waals surface area contributed by atoms with E-state index in [-0.39, 0.29) is 0 Å². The van der Waals surface area contributed by atoms with Gasteiger partial charge in [0, 0.05) is 40.6 Å². The summed E-state index contributed by atoms with van der Waals surface area (Å²) in [5.41, 5.74) is 7.62. The normalized spacial score (nSPS) is 12.5. The van der Waals surface area contributed by atoms with E-state index in [1.54, 1.807) is 0 Å². The average Bonchev–Trinajstić information content (AvgIpc) is 3.46. The molecule has 208 valence electrons. The lowest BCUT2D eigenvalue weighted by atomic mass is 9.94. The summed E-state index contributed by atoms with van der Waals surface area (Å²) < 4.78 is 6.23. The van der Waals surface area contributed by atoms with Crippen LogP contribution < -0.4 is 10.2 Å². The first kappa shape index (κ1) is 24.8. The highest BCUT2D eigenvalue weighted by Gasteiger charge is 2.18. The number of rotatable bonds is 4. The molecule has 0 radical (unpaired) electrons. The van der Waals surface area contributed by atoms with Gasteiger partial charge in [-0.15, -0.1) is 0 Å². The van der Waals surface area contributed by atoms with Gasteiger partial charge in [-0.05, 0) is 85.9 Å². The van der Waals surface area contributed by atoms with Crippen molar-refractivity contribution in [2.45, 2.75) is 0 Å². The maximum absolute atomic E-state index is 6.23. The fourth-order valence-electron chi connectivity index (χ4n) is 6.71. The van der Waals surface area contributed by atoms with E-state index in [1.807, 2.05) is 0 Å². The zero-order valence-corrected chi connectivity index (χ0v) is 24.0. The SMILES string of the molecule is C1=Cc2c(oc3cc(N(c4ccccc4)c4ccc(-c5ccc6c(ccc7ccc8ccccc8c76)c5)cc4)ccc23)NC1. The zero-order chi connectivity index (χ0) is 29.0. The molecule has 0 aliphatic carbocycles. The molecule has 44 heavy (non-hydrogen) atoms. The molecule has 1 aromatic heterocycles. The summed E-state index contributed by atoms with van der Waals surface area (Å²) in [5.74, 6) is 0.840. The first-order valence-electron chi connectivity index (χ1n) is 15.1. The average molecular weight is 565 g/mol. The summed E-state index contributed by atoms with van der Waals surface area (Å²) in [6, 6.07) is 50.3. The zero-order valence-electron chi connectivity index (χ0n) is 24.0. The van der Waals surface area contributed by atoms with Gasteiger partial charge in [-0.3, -0.25) is 0 Å². The number of anilines is 4. The van der Waals surface area contributed by atoms with Gasteiger partial charge >= 0.3 is 0 Å². The maximum atomic E-state index is 6.23. The molecular formula is C41H28N2O. The molecule has 2 heterocycles. The van der Waals surface area contributed by atoms with Crippen LogP contribution in [0.4, 0.5) is 22.9 Å². The number of nitrogens with one attached hydrogen (secondary N) is 1. The molecule has 1 aliphatic heterocycles. The Hall–Kier alpha value is -5.80. The lowest BCUT2D eigenvalue weighted by Gasteiger charge is -2.25. The van der Waals surface area contributed by atoms with Gasteiger partial charge in [0.1, 0.15) is 5.58 Å². The van der Waals surface area contributed by atoms with Crippen molar-refractivity contribution >= 4 is 72.3 Å². The van der Waals surface area contributed by atoms with Gasteiger partial charge < -0.3 is 14.6 Å². The molecule has 0 atom stereocenters. The Balaban J connectivity index is 1.12. The van der Waals surface area contributed by atoms with E-state index >= 15 is 0 Å². The Morgan fingerprint density at radius 1 is 0.523 bits per heavy atom. The van der Waals surface area contributed by atoms with Crippen molar-refractivity contribution in [2.75, 3.05) is 16.8 Å². The van der Waals surface area contributed by atoms with Crippen LogP contribution in [0.25, 0.3) is 60.5 Å². The summed E-state index contributed by atoms with van der Waals surface area (Å²) in [6.07, 6.45) is 4.27. The van der Waals surface area contributed by atoms with E-state index in [2.05, 4.69) is 162 Å². The summed E-state index contributed by atoms with van der Waals surface area (Å²) >= 11 is 0. The van der Waals surface area contributed by atoms with Gasteiger partial charge in [0.25, 0.3) is 0 Å². The van der Waals surface area contributed by atoms with Crippen LogP contribution in [-0.4, -0.2) is 6.54 Å². The molecule has 1 aliphatic rings. The Bertz CT molecular complexity index is 2380. The third-order valence-electron chi connectivity index (χ3n) is 8.83. The molecule has 0 saturated heterocycles. The number of hydrogen-bond acceptors (Lipinski definition) is 3. The third kappa shape index (κ3) is 3.98. The van der Waals surface area contributed by atoms with Crippen molar-refractivity contribution in [3.8, 4) is 11.1 Å². The standard InChI is InChI=1S/C41H28N2O/c1-2-8-32(9-3-1)43(34-21-23-37-38-11-6-24-42-41(38)44-39(37)26-34)33-19-16-27(17-20-33)30-18-22-36-31(25-30)15-14-29-13-12-28-7-4-5-10-35(28)40(29)36/h1-23,25-26,42H,24H2. The summed E-state index contributed by atoms with van der Waals surface area (Å²) in [7, 11) is 0. The lowest BCUT2D eigenvalue weighted by Crippen LogP contribution is -2.09. The molecule has 8 aromatic rings. The highest BCUT2D eigenvalue weighted by molar-refractivity contribution is 6.20. The molecule has 1 N–H and O–H groups in total. The van der Waals surface area contributed by atoms with Crippen LogP contribution in [0.1, 0.15) is 5.56 Å². The van der Waals surface area contributed by atoms with Crippen LogP contribution >= 0.6 is 0 Å². The molecule has 7 aromatic carbocycles. The quantitative estimate of drug-likeness (QED) is 0.216. The second-order valence-electron chi connectivity index (χ2n) is 11.4. The smallest absolute Gasteiger partial charge is 0.201 e. The van der Waals surface area contributed by atoms with Gasteiger partial charge in [0.05, 0.1) is 0 Å². The highest BCUT2D eigenvalue weighted by Crippen LogP contribution is 2.41. The number of benzene rings is 7. The lowest BCUT2D eigenvalue weighted by molar-refractivity contribution is 0.628. The van der Waals surface area contributed by atoms with Crippen LogP contribution in [-0.2, 0) is 0 Å². The molecule has 3 heteroatoms. The van der Waals surface area contributed by atoms with E-state index in [1.165, 1.54) is 43.4 Å². The van der Waals surface area contributed by atoms with Gasteiger partial charge in [-0.1, -0.05) is 103 Å². The third-order valence-corrected chi connectivity index (χ3v) is 8.83. The van der Waals surface area contributed by atoms with Crippen LogP contribution in [0.15, 0.2) is 150 Å². The van der Waals surface area contributed by atoms with Crippen molar-refractivity contribution in [2.24, 2.45) is 0 Å². The molecule has 0 fully saturated rings. The number of para-hydroxylation sites is 1. The molecular weight excluding hydrogens is 536 g/mol. The fourth-order valence-corrected chi connectivity index (χ4v) is 6.71. The maximum Gasteiger partial charge on any atom is 0.201 e. The first-order valence-corrected chi connectivity index (χ1v) is 15.1. The van der Waals surface area contributed by atoms with Crippen molar-refractivity contribution in [3.63, 3.8) is 0 Å². The molecule has 3 nitrogen and oxygen atoms in total. The van der Waals surface area contributed by atoms with E-state index < -0.39 is 0 Å². The summed E-state index contributed by atoms with van der Waals surface area (Å²) in [6.45, 7) is 0.785. The Morgan fingerprint density at radius 2 is 1.20 bits per heavy atom. The molecule has 0 saturated carbocycles. The van der Waals surface area contributed by atoms with Gasteiger partial charge in [0.2, 0.25) is 5.88 Å². The van der Waals surface area contributed by atoms with Crippen molar-refractivity contribution in [3.05, 3.63) is 151 Å². The Morgan fingerprint density at radius 3 is 2.09 bits per heavy atom. The predicted molar refractivity (Wildman–Crippen MR) is 186 cm³/mol. The minimum absolute atomic E-state index is 0.785. The minimum Gasteiger partial charge on any atom is -0.440 e. The fraction of sp³-hybridized carbons (Fsp3) is 0.0244. The van der Waals surface area contributed by atoms with E-state index in [0.717, 1.165) is 46.0 Å². The number of nitrogens with zero attached hydrogens (tertiary/aromatic N) is 1. The monoisotopic (exact) mass is 564 g/mol. The summed E-state index contributed by atoms with van der Waals surface area (Å²) in [4.78, 5) is 2.28. The molecule has 0 spiro atoms. The second kappa shape index (κ2) is 9.89. The van der Waals surface area contributed by atoms with Crippen LogP contribution in [0, 0.1) is 0 Å². The van der Waals surface area contributed by atoms with Crippen LogP contribution in [0.5, 0.6) is 0 Å². The molecule has 0 bridgehead atoms.